The predicted molar refractivity (Wildman–Crippen MR) is 52.4 cm³/mol. The van der Waals surface area contributed by atoms with Crippen molar-refractivity contribution in [3.63, 3.8) is 0 Å². The van der Waals surface area contributed by atoms with Crippen LogP contribution in [0.3, 0.4) is 0 Å². The molecule has 0 bridgehead atoms. The second kappa shape index (κ2) is 5.79. The minimum absolute atomic E-state index is 0.0474. The van der Waals surface area contributed by atoms with Crippen LogP contribution in [-0.4, -0.2) is 43.7 Å². The second-order valence-corrected chi connectivity index (χ2v) is 3.24. The highest BCUT2D eigenvalue weighted by Gasteiger charge is 2.08. The van der Waals surface area contributed by atoms with Gasteiger partial charge in [-0.2, -0.15) is 0 Å². The molecule has 0 saturated heterocycles. The van der Waals surface area contributed by atoms with Crippen LogP contribution >= 0.6 is 0 Å². The van der Waals surface area contributed by atoms with Crippen LogP contribution in [0.5, 0.6) is 0 Å². The minimum Gasteiger partial charge on any atom is -0.481 e. The first-order chi connectivity index (χ1) is 7.59. The van der Waals surface area contributed by atoms with E-state index in [9.17, 15) is 9.59 Å². The molecule has 88 valence electrons. The third kappa shape index (κ3) is 4.03. The Bertz CT molecular complexity index is 376. The lowest BCUT2D eigenvalue weighted by atomic mass is 10.3. The number of amides is 1. The molecule has 0 atom stereocenters. The Labute approximate surface area is 91.6 Å². The maximum absolute atomic E-state index is 11.3. The summed E-state index contributed by atoms with van der Waals surface area (Å²) in [5, 5.41) is 21.6. The Morgan fingerprint density at radius 2 is 2.25 bits per heavy atom. The number of aliphatic carboxylic acids is 1. The summed E-state index contributed by atoms with van der Waals surface area (Å²) in [4.78, 5) is 21.5. The number of carbonyl (C=O) groups excluding carboxylic acids is 1. The van der Waals surface area contributed by atoms with Crippen LogP contribution in [0.1, 0.15) is 18.7 Å². The van der Waals surface area contributed by atoms with Crippen LogP contribution in [0.2, 0.25) is 0 Å². The number of tetrazole rings is 1. The van der Waals surface area contributed by atoms with Crippen molar-refractivity contribution in [2.75, 3.05) is 6.54 Å². The van der Waals surface area contributed by atoms with Crippen LogP contribution in [0.25, 0.3) is 0 Å². The molecule has 1 amide bonds. The molecule has 1 aromatic heterocycles. The van der Waals surface area contributed by atoms with Crippen molar-refractivity contribution in [1.82, 2.24) is 25.5 Å². The molecule has 16 heavy (non-hydrogen) atoms. The van der Waals surface area contributed by atoms with Crippen LogP contribution in [-0.2, 0) is 23.1 Å². The van der Waals surface area contributed by atoms with Crippen molar-refractivity contribution in [1.29, 1.82) is 0 Å². The summed E-state index contributed by atoms with van der Waals surface area (Å²) in [5.41, 5.74) is 0. The second-order valence-electron chi connectivity index (χ2n) is 3.24. The van der Waals surface area contributed by atoms with Gasteiger partial charge in [0.25, 0.3) is 0 Å². The molecule has 0 radical (unpaired) electrons. The Kier molecular flexibility index (Phi) is 4.37. The monoisotopic (exact) mass is 227 g/mol. The number of carbonyl (C=O) groups is 2. The average molecular weight is 227 g/mol. The molecule has 0 aliphatic rings. The lowest BCUT2D eigenvalue weighted by Crippen LogP contribution is -2.27. The Morgan fingerprint density at radius 1 is 1.50 bits per heavy atom. The zero-order valence-corrected chi connectivity index (χ0v) is 8.88. The third-order valence-corrected chi connectivity index (χ3v) is 1.92. The van der Waals surface area contributed by atoms with E-state index in [4.69, 9.17) is 5.11 Å². The number of nitrogens with zero attached hydrogens (tertiary/aromatic N) is 4. The Balaban J connectivity index is 2.21. The van der Waals surface area contributed by atoms with Crippen LogP contribution < -0.4 is 5.32 Å². The highest BCUT2D eigenvalue weighted by Crippen LogP contribution is 1.91. The van der Waals surface area contributed by atoms with Gasteiger partial charge in [-0.1, -0.05) is 0 Å². The number of hydrogen-bond acceptors (Lipinski definition) is 5. The molecule has 0 aliphatic heterocycles. The lowest BCUT2D eigenvalue weighted by molar-refractivity contribution is -0.137. The summed E-state index contributed by atoms with van der Waals surface area (Å²) in [6, 6.07) is 0. The summed E-state index contributed by atoms with van der Waals surface area (Å²) in [6.45, 7) is 0.344. The quantitative estimate of drug-likeness (QED) is 0.586. The standard InChI is InChI=1S/C8H13N5O3/c1-13-6(10-11-12-13)5-7(14)9-4-2-3-8(15)16/h2-5H2,1H3,(H,9,14)(H,15,16). The number of carboxylic acid groups (broad SMARTS) is 1. The molecular weight excluding hydrogens is 214 g/mol. The number of aromatic nitrogens is 4. The van der Waals surface area contributed by atoms with Gasteiger partial charge < -0.3 is 10.4 Å². The molecule has 1 heterocycles. The summed E-state index contributed by atoms with van der Waals surface area (Å²) in [5.74, 6) is -0.620. The van der Waals surface area contributed by atoms with Gasteiger partial charge >= 0.3 is 5.97 Å². The van der Waals surface area contributed by atoms with Crippen molar-refractivity contribution in [3.8, 4) is 0 Å². The highest BCUT2D eigenvalue weighted by molar-refractivity contribution is 5.77. The normalized spacial score (nSPS) is 10.1. The van der Waals surface area contributed by atoms with Gasteiger partial charge in [0.2, 0.25) is 5.91 Å². The van der Waals surface area contributed by atoms with E-state index in [0.29, 0.717) is 18.8 Å². The zero-order chi connectivity index (χ0) is 12.0. The van der Waals surface area contributed by atoms with Gasteiger partial charge in [-0.25, -0.2) is 4.68 Å². The average Bonchev–Trinajstić information content (AvgIpc) is 2.59. The van der Waals surface area contributed by atoms with Crippen molar-refractivity contribution >= 4 is 11.9 Å². The first kappa shape index (κ1) is 12.1. The van der Waals surface area contributed by atoms with E-state index < -0.39 is 5.97 Å². The van der Waals surface area contributed by atoms with Gasteiger partial charge in [0.05, 0.1) is 6.42 Å². The largest absolute Gasteiger partial charge is 0.481 e. The fraction of sp³-hybridized carbons (Fsp3) is 0.625. The first-order valence-electron chi connectivity index (χ1n) is 4.79. The van der Waals surface area contributed by atoms with E-state index >= 15 is 0 Å². The molecule has 8 heteroatoms. The lowest BCUT2D eigenvalue weighted by Gasteiger charge is -2.02. The van der Waals surface area contributed by atoms with Crippen LogP contribution in [0.15, 0.2) is 0 Å². The van der Waals surface area contributed by atoms with Gasteiger partial charge in [0, 0.05) is 20.0 Å². The number of carboxylic acids is 1. The third-order valence-electron chi connectivity index (χ3n) is 1.92. The maximum Gasteiger partial charge on any atom is 0.303 e. The Hall–Kier alpha value is -1.99. The van der Waals surface area contributed by atoms with Gasteiger partial charge in [0.1, 0.15) is 0 Å². The number of nitrogens with one attached hydrogen (secondary N) is 1. The van der Waals surface area contributed by atoms with Gasteiger partial charge in [-0.15, -0.1) is 5.10 Å². The van der Waals surface area contributed by atoms with E-state index in [0.717, 1.165) is 0 Å². The van der Waals surface area contributed by atoms with E-state index in [1.807, 2.05) is 0 Å². The zero-order valence-electron chi connectivity index (χ0n) is 8.88. The van der Waals surface area contributed by atoms with E-state index in [-0.39, 0.29) is 18.7 Å². The molecule has 0 unspecified atom stereocenters. The predicted octanol–water partition coefficient (Wildman–Crippen LogP) is -1.27. The Morgan fingerprint density at radius 3 is 2.81 bits per heavy atom. The summed E-state index contributed by atoms with van der Waals surface area (Å²) in [6.07, 6.45) is 0.556. The minimum atomic E-state index is -0.869. The maximum atomic E-state index is 11.3. The highest BCUT2D eigenvalue weighted by atomic mass is 16.4. The summed E-state index contributed by atoms with van der Waals surface area (Å²) in [7, 11) is 1.65. The molecule has 0 aromatic carbocycles. The van der Waals surface area contributed by atoms with Crippen molar-refractivity contribution < 1.29 is 14.7 Å². The molecule has 0 aliphatic carbocycles. The van der Waals surface area contributed by atoms with Crippen molar-refractivity contribution in [2.45, 2.75) is 19.3 Å². The first-order valence-corrected chi connectivity index (χ1v) is 4.79. The van der Waals surface area contributed by atoms with E-state index in [1.165, 1.54) is 4.68 Å². The van der Waals surface area contributed by atoms with E-state index in [1.54, 1.807) is 7.05 Å². The molecule has 8 nitrogen and oxygen atoms in total. The molecule has 0 fully saturated rings. The molecule has 1 rings (SSSR count). The number of aryl methyl sites for hydroxylation is 1. The summed E-state index contributed by atoms with van der Waals surface area (Å²) >= 11 is 0. The van der Waals surface area contributed by atoms with E-state index in [2.05, 4.69) is 20.8 Å². The smallest absolute Gasteiger partial charge is 0.303 e. The topological polar surface area (TPSA) is 110 Å². The fourth-order valence-electron chi connectivity index (χ4n) is 1.07. The number of rotatable bonds is 6. The van der Waals surface area contributed by atoms with Gasteiger partial charge in [-0.3, -0.25) is 9.59 Å². The SMILES string of the molecule is Cn1nnnc1CC(=O)NCCCC(=O)O. The molecular formula is C8H13N5O3. The molecule has 2 N–H and O–H groups in total. The van der Waals surface area contributed by atoms with Crippen molar-refractivity contribution in [3.05, 3.63) is 5.82 Å². The van der Waals surface area contributed by atoms with Crippen LogP contribution in [0, 0.1) is 0 Å². The number of hydrogen-bond donors (Lipinski definition) is 2. The molecule has 0 saturated carbocycles. The van der Waals surface area contributed by atoms with Crippen LogP contribution in [0.4, 0.5) is 0 Å². The molecule has 1 aromatic rings. The van der Waals surface area contributed by atoms with Gasteiger partial charge in [-0.05, 0) is 16.8 Å². The van der Waals surface area contributed by atoms with Gasteiger partial charge in [0.15, 0.2) is 5.82 Å². The molecule has 0 spiro atoms. The van der Waals surface area contributed by atoms with Crippen molar-refractivity contribution in [2.24, 2.45) is 7.05 Å². The summed E-state index contributed by atoms with van der Waals surface area (Å²) < 4.78 is 1.41. The fourth-order valence-corrected chi connectivity index (χ4v) is 1.07.